The van der Waals surface area contributed by atoms with E-state index in [0.717, 1.165) is 56.9 Å². The van der Waals surface area contributed by atoms with Gasteiger partial charge in [-0.3, -0.25) is 4.79 Å². The third kappa shape index (κ3) is 5.05. The van der Waals surface area contributed by atoms with Gasteiger partial charge >= 0.3 is 5.97 Å². The van der Waals surface area contributed by atoms with E-state index in [1.165, 1.54) is 0 Å². The number of carbonyl (C=O) groups is 1. The zero-order valence-electron chi connectivity index (χ0n) is 26.3. The first-order valence-corrected chi connectivity index (χ1v) is 16.7. The number of fused-ring (bicyclic) bond motifs is 3. The number of hydrogen-bond acceptors (Lipinski definition) is 12. The topological polar surface area (TPSA) is 207 Å². The number of ether oxygens (including phenoxy) is 3. The van der Waals surface area contributed by atoms with Crippen LogP contribution in [0.15, 0.2) is 12.2 Å². The molecule has 0 radical (unpaired) electrons. The Morgan fingerprint density at radius 1 is 0.800 bits per heavy atom. The highest BCUT2D eigenvalue weighted by Crippen LogP contribution is 2.75. The fourth-order valence-corrected chi connectivity index (χ4v) is 11.2. The molecule has 16 atom stereocenters. The van der Waals surface area contributed by atoms with Crippen LogP contribution in [-0.4, -0.2) is 121 Å². The zero-order chi connectivity index (χ0) is 32.7. The normalized spacial score (nSPS) is 54.7. The van der Waals surface area contributed by atoms with Crippen molar-refractivity contribution >= 4 is 5.97 Å². The summed E-state index contributed by atoms with van der Waals surface area (Å²) in [6.45, 7) is 7.69. The lowest BCUT2D eigenvalue weighted by Gasteiger charge is -2.64. The third-order valence-corrected chi connectivity index (χ3v) is 13.5. The van der Waals surface area contributed by atoms with Crippen LogP contribution in [0, 0.1) is 33.5 Å². The van der Waals surface area contributed by atoms with Gasteiger partial charge < -0.3 is 55.1 Å². The van der Waals surface area contributed by atoms with Crippen molar-refractivity contribution in [1.82, 2.24) is 0 Å². The second kappa shape index (κ2) is 11.7. The highest BCUT2D eigenvalue weighted by Gasteiger charge is 2.68. The Labute approximate surface area is 264 Å². The Morgan fingerprint density at radius 3 is 2.07 bits per heavy atom. The average Bonchev–Trinajstić information content (AvgIpc) is 3.20. The van der Waals surface area contributed by atoms with Crippen molar-refractivity contribution in [2.45, 2.75) is 139 Å². The van der Waals surface area contributed by atoms with E-state index in [4.69, 9.17) is 14.2 Å². The highest BCUT2D eigenvalue weighted by molar-refractivity contribution is 5.77. The molecule has 45 heavy (non-hydrogen) atoms. The number of aliphatic hydroxyl groups is 8. The van der Waals surface area contributed by atoms with Crippen LogP contribution in [0.5, 0.6) is 0 Å². The summed E-state index contributed by atoms with van der Waals surface area (Å²) < 4.78 is 17.2. The molecule has 2 bridgehead atoms. The largest absolute Gasteiger partial charge is 0.432 e. The van der Waals surface area contributed by atoms with Gasteiger partial charge in [0.15, 0.2) is 0 Å². The van der Waals surface area contributed by atoms with Gasteiger partial charge in [0.05, 0.1) is 24.7 Å². The van der Waals surface area contributed by atoms with Gasteiger partial charge in [-0.2, -0.15) is 0 Å². The number of aliphatic hydroxyl groups excluding tert-OH is 8. The molecule has 12 nitrogen and oxygen atoms in total. The molecule has 0 aromatic carbocycles. The van der Waals surface area contributed by atoms with E-state index in [9.17, 15) is 45.6 Å². The van der Waals surface area contributed by atoms with E-state index in [-0.39, 0.29) is 22.2 Å². The molecule has 256 valence electrons. The molecule has 2 heterocycles. The monoisotopic (exact) mass is 640 g/mol. The number of carbonyl (C=O) groups excluding carboxylic acids is 1. The van der Waals surface area contributed by atoms with Crippen molar-refractivity contribution < 1.29 is 59.9 Å². The van der Waals surface area contributed by atoms with Crippen LogP contribution in [0.25, 0.3) is 0 Å². The van der Waals surface area contributed by atoms with Crippen molar-refractivity contribution in [3.8, 4) is 0 Å². The van der Waals surface area contributed by atoms with Crippen molar-refractivity contribution in [3.63, 3.8) is 0 Å². The summed E-state index contributed by atoms with van der Waals surface area (Å²) in [6.07, 6.45) is -5.33. The molecule has 0 aromatic rings. The molecule has 2 saturated heterocycles. The zero-order valence-corrected chi connectivity index (χ0v) is 26.3. The summed E-state index contributed by atoms with van der Waals surface area (Å²) in [7, 11) is 0. The Hall–Kier alpha value is -1.19. The van der Waals surface area contributed by atoms with Gasteiger partial charge in [0.25, 0.3) is 0 Å². The summed E-state index contributed by atoms with van der Waals surface area (Å²) in [6, 6.07) is 0. The van der Waals surface area contributed by atoms with Crippen molar-refractivity contribution in [1.29, 1.82) is 0 Å². The van der Waals surface area contributed by atoms with Crippen molar-refractivity contribution in [2.75, 3.05) is 13.2 Å². The standard InChI is InChI=1S/C33H52O12/c1-16-11-33-10-5-20-30(2,7-4-8-31(20,3)29(42)45-28-27(41)26(40)24(38)19(14-35)44-28)21(33)6-9-32(16,15-33)12-17-22(36)25(39)23(37)18(13-34)43-17/h17-28,34-41H,1,4-15H2,2-3H3/t17-,18+,19+,20-,21-,22-,23+,24+,25+,26-,27+,28-,30+,31+,32-,33+/m0/s1. The first-order valence-electron chi connectivity index (χ1n) is 16.7. The van der Waals surface area contributed by atoms with Gasteiger partial charge in [0.2, 0.25) is 6.29 Å². The number of hydrogen-bond donors (Lipinski definition) is 8. The van der Waals surface area contributed by atoms with Gasteiger partial charge in [0.1, 0.15) is 48.8 Å². The molecule has 0 unspecified atom stereocenters. The fraction of sp³-hybridized carbons (Fsp3) is 0.909. The predicted octanol–water partition coefficient (Wildman–Crippen LogP) is -0.0987. The molecule has 0 aromatic heterocycles. The molecule has 6 rings (SSSR count). The summed E-state index contributed by atoms with van der Waals surface area (Å²) in [5.74, 6) is -0.202. The maximum Gasteiger partial charge on any atom is 0.314 e. The van der Waals surface area contributed by atoms with Gasteiger partial charge in [-0.1, -0.05) is 25.5 Å². The Kier molecular flexibility index (Phi) is 8.80. The summed E-state index contributed by atoms with van der Waals surface area (Å²) in [5.41, 5.74) is -0.265. The molecule has 8 N–H and O–H groups in total. The van der Waals surface area contributed by atoms with Crippen LogP contribution in [-0.2, 0) is 19.0 Å². The van der Waals surface area contributed by atoms with E-state index >= 15 is 0 Å². The van der Waals surface area contributed by atoms with E-state index in [2.05, 4.69) is 13.5 Å². The van der Waals surface area contributed by atoms with Crippen molar-refractivity contribution in [2.24, 2.45) is 33.5 Å². The molecule has 6 fully saturated rings. The summed E-state index contributed by atoms with van der Waals surface area (Å²) in [5, 5.41) is 81.8. The molecule has 6 aliphatic rings. The second-order valence-electron chi connectivity index (χ2n) is 15.7. The van der Waals surface area contributed by atoms with E-state index in [1.54, 1.807) is 0 Å². The molecular weight excluding hydrogens is 588 g/mol. The molecule has 4 aliphatic carbocycles. The van der Waals surface area contributed by atoms with Gasteiger partial charge in [-0.15, -0.1) is 0 Å². The minimum Gasteiger partial charge on any atom is -0.432 e. The number of esters is 1. The second-order valence-corrected chi connectivity index (χ2v) is 15.7. The maximum absolute atomic E-state index is 14.0. The minimum atomic E-state index is -1.65. The molecule has 4 saturated carbocycles. The lowest BCUT2D eigenvalue weighted by molar-refractivity contribution is -0.298. The van der Waals surface area contributed by atoms with Crippen LogP contribution in [0.3, 0.4) is 0 Å². The van der Waals surface area contributed by atoms with Gasteiger partial charge in [-0.05, 0) is 92.8 Å². The molecular formula is C33H52O12. The predicted molar refractivity (Wildman–Crippen MR) is 157 cm³/mol. The highest BCUT2D eigenvalue weighted by atomic mass is 16.7. The summed E-state index contributed by atoms with van der Waals surface area (Å²) in [4.78, 5) is 14.0. The Bertz CT molecular complexity index is 1150. The van der Waals surface area contributed by atoms with Crippen LogP contribution in [0.2, 0.25) is 0 Å². The smallest absolute Gasteiger partial charge is 0.314 e. The molecule has 2 aliphatic heterocycles. The van der Waals surface area contributed by atoms with E-state index in [0.29, 0.717) is 18.8 Å². The van der Waals surface area contributed by atoms with Crippen LogP contribution in [0.4, 0.5) is 0 Å². The van der Waals surface area contributed by atoms with Crippen LogP contribution >= 0.6 is 0 Å². The first kappa shape index (κ1) is 33.7. The van der Waals surface area contributed by atoms with Gasteiger partial charge in [-0.25, -0.2) is 0 Å². The quantitative estimate of drug-likeness (QED) is 0.142. The number of allylic oxidation sites excluding steroid dienone is 1. The van der Waals surface area contributed by atoms with E-state index < -0.39 is 85.8 Å². The SMILES string of the molecule is C=C1C[C@@]23CC[C@H]4[C@@](C)(CCC[C@@]4(C)C(=O)O[C@@H]4O[C@H](CO)[C@@H](O)[C@H](O)[C@H]4O)[C@@H]2CC[C@]1(C[C@@H]1O[C@H](CO)[C@@H](O)[C@H](O)[C@H]1O)C3. The molecule has 1 spiro atoms. The fourth-order valence-electron chi connectivity index (χ4n) is 11.2. The average molecular weight is 641 g/mol. The maximum atomic E-state index is 14.0. The molecule has 12 heteroatoms. The minimum absolute atomic E-state index is 0.00132. The van der Waals surface area contributed by atoms with Gasteiger partial charge in [0, 0.05) is 0 Å². The van der Waals surface area contributed by atoms with Crippen molar-refractivity contribution in [3.05, 3.63) is 12.2 Å². The summed E-state index contributed by atoms with van der Waals surface area (Å²) >= 11 is 0. The lowest BCUT2D eigenvalue weighted by Crippen LogP contribution is -2.62. The van der Waals surface area contributed by atoms with E-state index in [1.807, 2.05) is 6.92 Å². The Balaban J connectivity index is 1.20. The third-order valence-electron chi connectivity index (χ3n) is 13.5. The first-order chi connectivity index (χ1) is 21.2. The van der Waals surface area contributed by atoms with Crippen LogP contribution < -0.4 is 0 Å². The van der Waals surface area contributed by atoms with Crippen LogP contribution in [0.1, 0.15) is 78.1 Å². The Morgan fingerprint density at radius 2 is 1.40 bits per heavy atom. The molecule has 0 amide bonds. The lowest BCUT2D eigenvalue weighted by atomic mass is 9.40. The number of rotatable bonds is 6.